The molecule has 2 rings (SSSR count). The first-order chi connectivity index (χ1) is 8.66. The predicted molar refractivity (Wildman–Crippen MR) is 66.9 cm³/mol. The first kappa shape index (κ1) is 11.8. The molecule has 3 N–H and O–H groups in total. The van der Waals surface area contributed by atoms with Crippen LogP contribution in [0, 0.1) is 10.1 Å². The molecule has 0 saturated heterocycles. The van der Waals surface area contributed by atoms with Gasteiger partial charge in [0.25, 0.3) is 5.69 Å². The lowest BCUT2D eigenvalue weighted by Gasteiger charge is -2.08. The maximum absolute atomic E-state index is 10.6. The predicted octanol–water partition coefficient (Wildman–Crippen LogP) is 1.58. The Hall–Kier alpha value is -2.70. The lowest BCUT2D eigenvalue weighted by molar-refractivity contribution is -0.384. The quantitative estimate of drug-likeness (QED) is 0.481. The highest BCUT2D eigenvalue weighted by Gasteiger charge is 2.08. The third kappa shape index (κ3) is 2.70. The Morgan fingerprint density at radius 2 is 2.22 bits per heavy atom. The SMILES string of the molecule is Nc1cc([N+](=O)[O-])ccc1NCc1cccnn1. The van der Waals surface area contributed by atoms with E-state index in [1.54, 1.807) is 18.3 Å². The molecule has 0 unspecified atom stereocenters. The fourth-order valence-electron chi connectivity index (χ4n) is 1.44. The average molecular weight is 245 g/mol. The maximum atomic E-state index is 10.6. The highest BCUT2D eigenvalue weighted by atomic mass is 16.6. The molecule has 0 bridgehead atoms. The van der Waals surface area contributed by atoms with Gasteiger partial charge >= 0.3 is 0 Å². The summed E-state index contributed by atoms with van der Waals surface area (Å²) in [5.74, 6) is 0. The van der Waals surface area contributed by atoms with Crippen molar-refractivity contribution in [2.45, 2.75) is 6.54 Å². The number of aromatic nitrogens is 2. The highest BCUT2D eigenvalue weighted by Crippen LogP contribution is 2.24. The molecule has 0 atom stereocenters. The van der Waals surface area contributed by atoms with Crippen LogP contribution in [-0.2, 0) is 6.54 Å². The number of nitro groups is 1. The fraction of sp³-hybridized carbons (Fsp3) is 0.0909. The lowest BCUT2D eigenvalue weighted by Crippen LogP contribution is -2.04. The Morgan fingerprint density at radius 1 is 1.39 bits per heavy atom. The minimum absolute atomic E-state index is 0.0300. The van der Waals surface area contributed by atoms with Gasteiger partial charge in [0, 0.05) is 18.3 Å². The van der Waals surface area contributed by atoms with E-state index in [9.17, 15) is 10.1 Å². The standard InChI is InChI=1S/C11H11N5O2/c12-10-6-9(16(17)18)3-4-11(10)13-7-8-2-1-5-14-15-8/h1-6,13H,7,12H2. The number of nitro benzene ring substituents is 1. The van der Waals surface area contributed by atoms with Crippen LogP contribution in [0.3, 0.4) is 0 Å². The van der Waals surface area contributed by atoms with Gasteiger partial charge < -0.3 is 11.1 Å². The number of benzene rings is 1. The van der Waals surface area contributed by atoms with E-state index in [2.05, 4.69) is 15.5 Å². The average Bonchev–Trinajstić information content (AvgIpc) is 2.38. The maximum Gasteiger partial charge on any atom is 0.271 e. The van der Waals surface area contributed by atoms with Crippen LogP contribution in [0.2, 0.25) is 0 Å². The lowest BCUT2D eigenvalue weighted by atomic mass is 10.2. The van der Waals surface area contributed by atoms with E-state index in [1.807, 2.05) is 6.07 Å². The van der Waals surface area contributed by atoms with Gasteiger partial charge in [0.1, 0.15) is 0 Å². The molecule has 0 saturated carbocycles. The molecule has 92 valence electrons. The summed E-state index contributed by atoms with van der Waals surface area (Å²) in [5.41, 5.74) is 7.41. The van der Waals surface area contributed by atoms with E-state index >= 15 is 0 Å². The van der Waals surface area contributed by atoms with E-state index in [0.717, 1.165) is 5.69 Å². The summed E-state index contributed by atoms with van der Waals surface area (Å²) in [7, 11) is 0. The normalized spacial score (nSPS) is 10.0. The molecule has 7 heteroatoms. The zero-order chi connectivity index (χ0) is 13.0. The third-order valence-electron chi connectivity index (χ3n) is 2.33. The fourth-order valence-corrected chi connectivity index (χ4v) is 1.44. The topological polar surface area (TPSA) is 107 Å². The molecule has 0 aliphatic rings. The number of nitrogens with zero attached hydrogens (tertiary/aromatic N) is 3. The van der Waals surface area contributed by atoms with Gasteiger partial charge in [-0.1, -0.05) is 0 Å². The van der Waals surface area contributed by atoms with Gasteiger partial charge in [-0.3, -0.25) is 10.1 Å². The number of non-ortho nitro benzene ring substituents is 1. The van der Waals surface area contributed by atoms with Gasteiger partial charge in [-0.05, 0) is 18.2 Å². The summed E-state index contributed by atoms with van der Waals surface area (Å²) in [4.78, 5) is 10.1. The molecule has 0 aliphatic carbocycles. The van der Waals surface area contributed by atoms with Crippen molar-refractivity contribution in [3.8, 4) is 0 Å². The first-order valence-electron chi connectivity index (χ1n) is 5.21. The number of anilines is 2. The minimum atomic E-state index is -0.483. The van der Waals surface area contributed by atoms with Crippen molar-refractivity contribution in [3.63, 3.8) is 0 Å². The van der Waals surface area contributed by atoms with Crippen LogP contribution < -0.4 is 11.1 Å². The summed E-state index contributed by atoms with van der Waals surface area (Å²) in [6.07, 6.45) is 1.59. The van der Waals surface area contributed by atoms with Crippen LogP contribution in [0.25, 0.3) is 0 Å². The number of hydrogen-bond acceptors (Lipinski definition) is 6. The van der Waals surface area contributed by atoms with Gasteiger partial charge in [0.05, 0.1) is 28.5 Å². The van der Waals surface area contributed by atoms with Crippen LogP contribution >= 0.6 is 0 Å². The van der Waals surface area contributed by atoms with Crippen LogP contribution in [0.5, 0.6) is 0 Å². The molecule has 0 amide bonds. The third-order valence-corrected chi connectivity index (χ3v) is 2.33. The molecule has 0 radical (unpaired) electrons. The van der Waals surface area contributed by atoms with Gasteiger partial charge in [-0.25, -0.2) is 0 Å². The summed E-state index contributed by atoms with van der Waals surface area (Å²) in [5, 5.41) is 21.3. The zero-order valence-corrected chi connectivity index (χ0v) is 9.41. The van der Waals surface area contributed by atoms with Crippen molar-refractivity contribution in [3.05, 3.63) is 52.3 Å². The molecular formula is C11H11N5O2. The van der Waals surface area contributed by atoms with Gasteiger partial charge in [0.2, 0.25) is 0 Å². The van der Waals surface area contributed by atoms with E-state index < -0.39 is 4.92 Å². The largest absolute Gasteiger partial charge is 0.397 e. The Kier molecular flexibility index (Phi) is 3.33. The monoisotopic (exact) mass is 245 g/mol. The Bertz CT molecular complexity index is 559. The minimum Gasteiger partial charge on any atom is -0.397 e. The number of nitrogen functional groups attached to an aromatic ring is 1. The number of rotatable bonds is 4. The molecule has 0 spiro atoms. The van der Waals surface area contributed by atoms with E-state index in [-0.39, 0.29) is 5.69 Å². The van der Waals surface area contributed by atoms with Crippen molar-refractivity contribution < 1.29 is 4.92 Å². The molecule has 0 aliphatic heterocycles. The Morgan fingerprint density at radius 3 is 2.83 bits per heavy atom. The van der Waals surface area contributed by atoms with Crippen molar-refractivity contribution in [2.75, 3.05) is 11.1 Å². The Balaban J connectivity index is 2.08. The molecule has 18 heavy (non-hydrogen) atoms. The second kappa shape index (κ2) is 5.09. The highest BCUT2D eigenvalue weighted by molar-refractivity contribution is 5.69. The molecule has 1 heterocycles. The van der Waals surface area contributed by atoms with Gasteiger partial charge in [-0.15, -0.1) is 0 Å². The smallest absolute Gasteiger partial charge is 0.271 e. The first-order valence-corrected chi connectivity index (χ1v) is 5.21. The molecule has 1 aromatic carbocycles. The van der Waals surface area contributed by atoms with Crippen LogP contribution in [0.1, 0.15) is 5.69 Å². The van der Waals surface area contributed by atoms with E-state index in [0.29, 0.717) is 17.9 Å². The molecule has 0 fully saturated rings. The van der Waals surface area contributed by atoms with Crippen molar-refractivity contribution in [2.24, 2.45) is 0 Å². The second-order valence-corrected chi connectivity index (χ2v) is 3.60. The number of nitrogens with one attached hydrogen (secondary N) is 1. The molecular weight excluding hydrogens is 234 g/mol. The van der Waals surface area contributed by atoms with Crippen molar-refractivity contribution in [1.29, 1.82) is 0 Å². The summed E-state index contributed by atoms with van der Waals surface area (Å²) in [6.45, 7) is 0.454. The summed E-state index contributed by atoms with van der Waals surface area (Å²) < 4.78 is 0. The molecule has 1 aromatic heterocycles. The van der Waals surface area contributed by atoms with Crippen LogP contribution in [0.15, 0.2) is 36.5 Å². The van der Waals surface area contributed by atoms with E-state index in [1.165, 1.54) is 12.1 Å². The number of nitrogens with two attached hydrogens (primary N) is 1. The zero-order valence-electron chi connectivity index (χ0n) is 9.41. The Labute approximate surface area is 103 Å². The summed E-state index contributed by atoms with van der Waals surface area (Å²) >= 11 is 0. The van der Waals surface area contributed by atoms with E-state index in [4.69, 9.17) is 5.73 Å². The van der Waals surface area contributed by atoms with Crippen molar-refractivity contribution >= 4 is 17.1 Å². The molecule has 7 nitrogen and oxygen atoms in total. The van der Waals surface area contributed by atoms with Gasteiger partial charge in [-0.2, -0.15) is 10.2 Å². The number of hydrogen-bond donors (Lipinski definition) is 2. The van der Waals surface area contributed by atoms with Crippen molar-refractivity contribution in [1.82, 2.24) is 10.2 Å². The summed E-state index contributed by atoms with van der Waals surface area (Å²) in [6, 6.07) is 7.89. The molecule has 2 aromatic rings. The van der Waals surface area contributed by atoms with Crippen LogP contribution in [-0.4, -0.2) is 15.1 Å². The van der Waals surface area contributed by atoms with Gasteiger partial charge in [0.15, 0.2) is 0 Å². The van der Waals surface area contributed by atoms with Crippen LogP contribution in [0.4, 0.5) is 17.1 Å². The second-order valence-electron chi connectivity index (χ2n) is 3.60.